The Hall–Kier alpha value is -5.61. The Morgan fingerprint density at radius 2 is 1.52 bits per heavy atom. The SMILES string of the molecule is O=C(NN=Cc1cccc(OC(=O)c2ccc([N+](=O)[O-])cc2)c1)C1=CC(c2ccccc2)(c2ccccc2)NN1. The lowest BCUT2D eigenvalue weighted by molar-refractivity contribution is -0.384. The summed E-state index contributed by atoms with van der Waals surface area (Å²) in [6.45, 7) is 0. The molecule has 10 heteroatoms. The van der Waals surface area contributed by atoms with E-state index in [-0.39, 0.29) is 17.0 Å². The maximum absolute atomic E-state index is 12.9. The number of hydrazine groups is 1. The van der Waals surface area contributed by atoms with Gasteiger partial charge in [-0.3, -0.25) is 14.9 Å². The van der Waals surface area contributed by atoms with Crippen molar-refractivity contribution in [2.75, 3.05) is 0 Å². The smallest absolute Gasteiger partial charge is 0.343 e. The van der Waals surface area contributed by atoms with E-state index in [2.05, 4.69) is 21.4 Å². The lowest BCUT2D eigenvalue weighted by atomic mass is 9.83. The number of hydrazone groups is 1. The fourth-order valence-electron chi connectivity index (χ4n) is 4.23. The molecule has 0 fully saturated rings. The Bertz CT molecular complexity index is 1560. The standard InChI is InChI=1S/C30H23N5O5/c36-28(27-19-30(34-32-27,23-9-3-1-4-10-23)24-11-5-2-6-12-24)33-31-20-21-8-7-13-26(18-21)40-29(37)22-14-16-25(17-15-22)35(38)39/h1-20,32,34H,(H,33,36). The van der Waals surface area contributed by atoms with Crippen molar-refractivity contribution in [3.8, 4) is 5.75 Å². The highest BCUT2D eigenvalue weighted by Crippen LogP contribution is 2.34. The summed E-state index contributed by atoms with van der Waals surface area (Å²) in [5, 5.41) is 14.8. The van der Waals surface area contributed by atoms with Gasteiger partial charge in [0.15, 0.2) is 0 Å². The van der Waals surface area contributed by atoms with Gasteiger partial charge in [-0.25, -0.2) is 15.6 Å². The Kier molecular flexibility index (Phi) is 7.43. The van der Waals surface area contributed by atoms with Gasteiger partial charge < -0.3 is 10.2 Å². The van der Waals surface area contributed by atoms with E-state index in [0.29, 0.717) is 11.3 Å². The van der Waals surface area contributed by atoms with Crippen LogP contribution in [0.3, 0.4) is 0 Å². The van der Waals surface area contributed by atoms with Crippen molar-refractivity contribution in [2.45, 2.75) is 5.54 Å². The second-order valence-electron chi connectivity index (χ2n) is 8.81. The van der Waals surface area contributed by atoms with E-state index in [1.165, 1.54) is 30.5 Å². The number of carbonyl (C=O) groups is 2. The van der Waals surface area contributed by atoms with Gasteiger partial charge in [-0.05, 0) is 47.0 Å². The number of nitrogens with one attached hydrogen (secondary N) is 3. The number of non-ortho nitro benzene ring substituents is 1. The lowest BCUT2D eigenvalue weighted by Crippen LogP contribution is -2.44. The minimum Gasteiger partial charge on any atom is -0.423 e. The maximum Gasteiger partial charge on any atom is 0.343 e. The number of nitro benzene ring substituents is 1. The fraction of sp³-hybridized carbons (Fsp3) is 0.0333. The zero-order valence-electron chi connectivity index (χ0n) is 21.0. The molecule has 0 saturated heterocycles. The molecular formula is C30H23N5O5. The molecule has 1 aliphatic rings. The van der Waals surface area contributed by atoms with Crippen LogP contribution in [0.5, 0.6) is 5.75 Å². The number of hydrogen-bond acceptors (Lipinski definition) is 8. The molecule has 0 spiro atoms. The average Bonchev–Trinajstić information content (AvgIpc) is 3.45. The number of nitrogens with zero attached hydrogens (tertiary/aromatic N) is 2. The van der Waals surface area contributed by atoms with Gasteiger partial charge in [0.1, 0.15) is 17.0 Å². The van der Waals surface area contributed by atoms with E-state index >= 15 is 0 Å². The van der Waals surface area contributed by atoms with E-state index in [9.17, 15) is 19.7 Å². The van der Waals surface area contributed by atoms with Crippen LogP contribution < -0.4 is 21.0 Å². The van der Waals surface area contributed by atoms with Crippen LogP contribution in [0.15, 0.2) is 126 Å². The second kappa shape index (κ2) is 11.4. The van der Waals surface area contributed by atoms with Gasteiger partial charge >= 0.3 is 5.97 Å². The highest BCUT2D eigenvalue weighted by molar-refractivity contribution is 5.95. The van der Waals surface area contributed by atoms with Gasteiger partial charge in [-0.15, -0.1) is 0 Å². The summed E-state index contributed by atoms with van der Waals surface area (Å²) in [5.41, 5.74) is 10.8. The molecule has 0 atom stereocenters. The molecule has 10 nitrogen and oxygen atoms in total. The Morgan fingerprint density at radius 1 is 0.875 bits per heavy atom. The van der Waals surface area contributed by atoms with Crippen molar-refractivity contribution in [1.82, 2.24) is 16.3 Å². The molecule has 5 rings (SSSR count). The summed E-state index contributed by atoms with van der Waals surface area (Å²) in [6, 6.07) is 31.2. The van der Waals surface area contributed by atoms with Crippen LogP contribution in [-0.4, -0.2) is 23.0 Å². The van der Waals surface area contributed by atoms with Gasteiger partial charge in [-0.2, -0.15) is 5.10 Å². The molecule has 0 radical (unpaired) electrons. The van der Waals surface area contributed by atoms with Gasteiger partial charge in [0.05, 0.1) is 16.7 Å². The summed E-state index contributed by atoms with van der Waals surface area (Å²) < 4.78 is 5.37. The second-order valence-corrected chi connectivity index (χ2v) is 8.81. The number of esters is 1. The molecular weight excluding hydrogens is 510 g/mol. The summed E-state index contributed by atoms with van der Waals surface area (Å²) in [5.74, 6) is -0.860. The third kappa shape index (κ3) is 5.62. The number of hydrogen-bond donors (Lipinski definition) is 3. The van der Waals surface area contributed by atoms with Crippen molar-refractivity contribution in [1.29, 1.82) is 0 Å². The van der Waals surface area contributed by atoms with E-state index in [4.69, 9.17) is 4.74 Å². The van der Waals surface area contributed by atoms with Crippen molar-refractivity contribution >= 4 is 23.8 Å². The van der Waals surface area contributed by atoms with E-state index in [1.54, 1.807) is 24.3 Å². The first kappa shape index (κ1) is 26.0. The van der Waals surface area contributed by atoms with Crippen LogP contribution in [0.25, 0.3) is 0 Å². The normalized spacial score (nSPS) is 13.8. The predicted molar refractivity (Wildman–Crippen MR) is 148 cm³/mol. The highest BCUT2D eigenvalue weighted by Gasteiger charge is 2.38. The monoisotopic (exact) mass is 533 g/mol. The van der Waals surface area contributed by atoms with Crippen molar-refractivity contribution in [3.05, 3.63) is 153 Å². The summed E-state index contributed by atoms with van der Waals surface area (Å²) >= 11 is 0. The van der Waals surface area contributed by atoms with Gasteiger partial charge in [0, 0.05) is 12.1 Å². The van der Waals surface area contributed by atoms with Gasteiger partial charge in [-0.1, -0.05) is 72.8 Å². The lowest BCUT2D eigenvalue weighted by Gasteiger charge is -2.28. The molecule has 1 aliphatic heterocycles. The first-order chi connectivity index (χ1) is 19.4. The van der Waals surface area contributed by atoms with Gasteiger partial charge in [0.25, 0.3) is 11.6 Å². The number of rotatable bonds is 8. The van der Waals surface area contributed by atoms with E-state index < -0.39 is 22.3 Å². The minimum atomic E-state index is -0.749. The molecule has 1 heterocycles. The Morgan fingerprint density at radius 3 is 2.15 bits per heavy atom. The molecule has 1 amide bonds. The average molecular weight is 534 g/mol. The molecule has 198 valence electrons. The molecule has 4 aromatic carbocycles. The zero-order chi connectivity index (χ0) is 28.0. The first-order valence-electron chi connectivity index (χ1n) is 12.2. The van der Waals surface area contributed by atoms with Crippen LogP contribution in [0.1, 0.15) is 27.0 Å². The third-order valence-electron chi connectivity index (χ3n) is 6.22. The molecule has 0 aliphatic carbocycles. The largest absolute Gasteiger partial charge is 0.423 e. The molecule has 40 heavy (non-hydrogen) atoms. The van der Waals surface area contributed by atoms with Crippen LogP contribution in [-0.2, 0) is 10.3 Å². The third-order valence-corrected chi connectivity index (χ3v) is 6.22. The molecule has 0 bridgehead atoms. The van der Waals surface area contributed by atoms with Gasteiger partial charge in [0.2, 0.25) is 0 Å². The molecule has 3 N–H and O–H groups in total. The predicted octanol–water partition coefficient (Wildman–Crippen LogP) is 4.20. The highest BCUT2D eigenvalue weighted by atomic mass is 16.6. The van der Waals surface area contributed by atoms with Crippen LogP contribution in [0, 0.1) is 10.1 Å². The van der Waals surface area contributed by atoms with E-state index in [0.717, 1.165) is 11.1 Å². The Balaban J connectivity index is 1.26. The van der Waals surface area contributed by atoms with Crippen molar-refractivity contribution < 1.29 is 19.2 Å². The number of ether oxygens (including phenoxy) is 1. The quantitative estimate of drug-likeness (QED) is 0.102. The summed E-state index contributed by atoms with van der Waals surface area (Å²) in [7, 11) is 0. The van der Waals surface area contributed by atoms with Crippen LogP contribution in [0.2, 0.25) is 0 Å². The first-order valence-corrected chi connectivity index (χ1v) is 12.2. The number of amides is 1. The number of nitro groups is 1. The van der Waals surface area contributed by atoms with E-state index in [1.807, 2.05) is 66.7 Å². The fourth-order valence-corrected chi connectivity index (χ4v) is 4.23. The van der Waals surface area contributed by atoms with Crippen molar-refractivity contribution in [2.24, 2.45) is 5.10 Å². The van der Waals surface area contributed by atoms with Crippen LogP contribution >= 0.6 is 0 Å². The number of benzene rings is 4. The molecule has 4 aromatic rings. The number of carbonyl (C=O) groups excluding carboxylic acids is 2. The minimum absolute atomic E-state index is 0.123. The molecule has 0 unspecified atom stereocenters. The molecule has 0 saturated carbocycles. The molecule has 0 aromatic heterocycles. The zero-order valence-corrected chi connectivity index (χ0v) is 21.0. The maximum atomic E-state index is 12.9. The Labute approximate surface area is 229 Å². The summed E-state index contributed by atoms with van der Waals surface area (Å²) in [6.07, 6.45) is 3.24. The van der Waals surface area contributed by atoms with Crippen LogP contribution in [0.4, 0.5) is 5.69 Å². The van der Waals surface area contributed by atoms with Crippen molar-refractivity contribution in [3.63, 3.8) is 0 Å². The topological polar surface area (TPSA) is 135 Å². The summed E-state index contributed by atoms with van der Waals surface area (Å²) in [4.78, 5) is 35.6.